The van der Waals surface area contributed by atoms with Crippen molar-refractivity contribution in [3.63, 3.8) is 0 Å². The second-order valence-electron chi connectivity index (χ2n) is 3.09. The third-order valence-electron chi connectivity index (χ3n) is 1.97. The van der Waals surface area contributed by atoms with Gasteiger partial charge < -0.3 is 0 Å². The van der Waals surface area contributed by atoms with Crippen LogP contribution < -0.4 is 0 Å². The van der Waals surface area contributed by atoms with Crippen molar-refractivity contribution in [1.82, 2.24) is 9.55 Å². The summed E-state index contributed by atoms with van der Waals surface area (Å²) in [6, 6.07) is 9.15. The van der Waals surface area contributed by atoms with Crippen LogP contribution in [-0.4, -0.2) is 15.5 Å². The first-order chi connectivity index (χ1) is 6.77. The zero-order valence-electron chi connectivity index (χ0n) is 7.84. The molecule has 0 atom stereocenters. The van der Waals surface area contributed by atoms with Crippen molar-refractivity contribution in [3.05, 3.63) is 54.1 Å². The van der Waals surface area contributed by atoms with Crippen LogP contribution in [0.4, 0.5) is 0 Å². The molecule has 3 nitrogen and oxygen atoms in total. The molecule has 14 heavy (non-hydrogen) atoms. The Bertz CT molecular complexity index is 445. The van der Waals surface area contributed by atoms with Crippen molar-refractivity contribution in [2.24, 2.45) is 0 Å². The Hall–Kier alpha value is -1.90. The SMILES string of the molecule is Cc1cn(C(=O)c2ccccc2)cn1. The van der Waals surface area contributed by atoms with Gasteiger partial charge in [0.25, 0.3) is 5.91 Å². The van der Waals surface area contributed by atoms with Gasteiger partial charge in [-0.2, -0.15) is 0 Å². The molecule has 0 aliphatic carbocycles. The first-order valence-electron chi connectivity index (χ1n) is 4.38. The molecule has 70 valence electrons. The third-order valence-corrected chi connectivity index (χ3v) is 1.97. The van der Waals surface area contributed by atoms with Crippen LogP contribution in [-0.2, 0) is 0 Å². The number of hydrogen-bond donors (Lipinski definition) is 0. The minimum absolute atomic E-state index is 0.0498. The number of hydrogen-bond acceptors (Lipinski definition) is 2. The number of aryl methyl sites for hydroxylation is 1. The lowest BCUT2D eigenvalue weighted by Gasteiger charge is -1.99. The zero-order chi connectivity index (χ0) is 9.97. The summed E-state index contributed by atoms with van der Waals surface area (Å²) < 4.78 is 1.49. The van der Waals surface area contributed by atoms with E-state index in [0.29, 0.717) is 5.56 Å². The molecular formula is C11H10N2O. The van der Waals surface area contributed by atoms with Gasteiger partial charge in [0, 0.05) is 11.8 Å². The maximum absolute atomic E-state index is 11.8. The Balaban J connectivity index is 2.34. The molecule has 1 heterocycles. The van der Waals surface area contributed by atoms with Gasteiger partial charge in [-0.3, -0.25) is 9.36 Å². The maximum atomic E-state index is 11.8. The lowest BCUT2D eigenvalue weighted by atomic mass is 10.2. The summed E-state index contributed by atoms with van der Waals surface area (Å²) in [5, 5.41) is 0. The highest BCUT2D eigenvalue weighted by atomic mass is 16.2. The summed E-state index contributed by atoms with van der Waals surface area (Å²) in [6.45, 7) is 1.86. The van der Waals surface area contributed by atoms with Gasteiger partial charge in [0.1, 0.15) is 6.33 Å². The highest BCUT2D eigenvalue weighted by Crippen LogP contribution is 2.03. The molecule has 0 bridgehead atoms. The van der Waals surface area contributed by atoms with Crippen molar-refractivity contribution in [3.8, 4) is 0 Å². The molecule has 0 saturated heterocycles. The summed E-state index contributed by atoms with van der Waals surface area (Å²) in [6.07, 6.45) is 3.25. The van der Waals surface area contributed by atoms with Crippen molar-refractivity contribution in [1.29, 1.82) is 0 Å². The Kier molecular flexibility index (Phi) is 2.14. The summed E-state index contributed by atoms with van der Waals surface area (Å²) >= 11 is 0. The number of benzene rings is 1. The van der Waals surface area contributed by atoms with Gasteiger partial charge in [-0.1, -0.05) is 18.2 Å². The predicted molar refractivity (Wildman–Crippen MR) is 53.1 cm³/mol. The molecule has 0 radical (unpaired) electrons. The van der Waals surface area contributed by atoms with Gasteiger partial charge in [-0.25, -0.2) is 4.98 Å². The van der Waals surface area contributed by atoms with Crippen molar-refractivity contribution in [2.45, 2.75) is 6.92 Å². The summed E-state index contributed by atoms with van der Waals surface area (Å²) in [5.74, 6) is -0.0498. The van der Waals surface area contributed by atoms with E-state index in [2.05, 4.69) is 4.98 Å². The molecule has 1 aromatic carbocycles. The zero-order valence-corrected chi connectivity index (χ0v) is 7.84. The third kappa shape index (κ3) is 1.57. The van der Waals surface area contributed by atoms with Crippen LogP contribution in [0.2, 0.25) is 0 Å². The monoisotopic (exact) mass is 186 g/mol. The van der Waals surface area contributed by atoms with E-state index in [4.69, 9.17) is 0 Å². The molecule has 0 aliphatic rings. The minimum atomic E-state index is -0.0498. The Morgan fingerprint density at radius 1 is 1.29 bits per heavy atom. The van der Waals surface area contributed by atoms with Gasteiger partial charge in [-0.15, -0.1) is 0 Å². The Morgan fingerprint density at radius 3 is 2.57 bits per heavy atom. The summed E-state index contributed by atoms with van der Waals surface area (Å²) in [5.41, 5.74) is 1.51. The van der Waals surface area contributed by atoms with E-state index in [1.165, 1.54) is 10.9 Å². The lowest BCUT2D eigenvalue weighted by Crippen LogP contribution is -2.09. The smallest absolute Gasteiger partial charge is 0.263 e. The van der Waals surface area contributed by atoms with Crippen LogP contribution in [0.15, 0.2) is 42.9 Å². The van der Waals surface area contributed by atoms with Crippen LogP contribution >= 0.6 is 0 Å². The molecular weight excluding hydrogens is 176 g/mol. The van der Waals surface area contributed by atoms with E-state index >= 15 is 0 Å². The van der Waals surface area contributed by atoms with E-state index in [0.717, 1.165) is 5.69 Å². The molecule has 0 unspecified atom stereocenters. The fraction of sp³-hybridized carbons (Fsp3) is 0.0909. The van der Waals surface area contributed by atoms with E-state index in [-0.39, 0.29) is 5.91 Å². The number of imidazole rings is 1. The second-order valence-corrected chi connectivity index (χ2v) is 3.09. The Morgan fingerprint density at radius 2 is 2.00 bits per heavy atom. The van der Waals surface area contributed by atoms with Crippen molar-refractivity contribution >= 4 is 5.91 Å². The van der Waals surface area contributed by atoms with E-state index in [1.54, 1.807) is 18.3 Å². The predicted octanol–water partition coefficient (Wildman–Crippen LogP) is 1.88. The van der Waals surface area contributed by atoms with Gasteiger partial charge in [0.15, 0.2) is 0 Å². The van der Waals surface area contributed by atoms with Crippen LogP contribution in [0, 0.1) is 6.92 Å². The molecule has 2 rings (SSSR count). The molecule has 0 amide bonds. The standard InChI is InChI=1S/C11H10N2O/c1-9-7-13(8-12-9)11(14)10-5-3-2-4-6-10/h2-8H,1H3. The van der Waals surface area contributed by atoms with Crippen LogP contribution in [0.5, 0.6) is 0 Å². The molecule has 1 aromatic heterocycles. The minimum Gasteiger partial charge on any atom is -0.272 e. The highest BCUT2D eigenvalue weighted by Gasteiger charge is 2.06. The Labute approximate surface area is 82.0 Å². The van der Waals surface area contributed by atoms with Crippen LogP contribution in [0.3, 0.4) is 0 Å². The van der Waals surface area contributed by atoms with Crippen LogP contribution in [0.25, 0.3) is 0 Å². The largest absolute Gasteiger partial charge is 0.272 e. The molecule has 0 fully saturated rings. The van der Waals surface area contributed by atoms with Gasteiger partial charge in [-0.05, 0) is 19.1 Å². The average molecular weight is 186 g/mol. The fourth-order valence-electron chi connectivity index (χ4n) is 1.26. The summed E-state index contributed by atoms with van der Waals surface area (Å²) in [4.78, 5) is 15.8. The number of aromatic nitrogens is 2. The van der Waals surface area contributed by atoms with Gasteiger partial charge in [0.2, 0.25) is 0 Å². The number of nitrogens with zero attached hydrogens (tertiary/aromatic N) is 2. The van der Waals surface area contributed by atoms with E-state index < -0.39 is 0 Å². The molecule has 0 spiro atoms. The number of rotatable bonds is 1. The van der Waals surface area contributed by atoms with Crippen molar-refractivity contribution in [2.75, 3.05) is 0 Å². The van der Waals surface area contributed by atoms with Gasteiger partial charge in [0.05, 0.1) is 5.69 Å². The number of carbonyl (C=O) groups excluding carboxylic acids is 1. The van der Waals surface area contributed by atoms with E-state index in [9.17, 15) is 4.79 Å². The van der Waals surface area contributed by atoms with E-state index in [1.807, 2.05) is 25.1 Å². The normalized spacial score (nSPS) is 10.1. The maximum Gasteiger partial charge on any atom is 0.263 e. The van der Waals surface area contributed by atoms with Crippen molar-refractivity contribution < 1.29 is 4.79 Å². The topological polar surface area (TPSA) is 34.9 Å². The van der Waals surface area contributed by atoms with Gasteiger partial charge >= 0.3 is 0 Å². The molecule has 0 aliphatic heterocycles. The molecule has 2 aromatic rings. The van der Waals surface area contributed by atoms with Crippen LogP contribution in [0.1, 0.15) is 16.1 Å². The average Bonchev–Trinajstić information content (AvgIpc) is 2.65. The first kappa shape index (κ1) is 8.69. The quantitative estimate of drug-likeness (QED) is 0.681. The highest BCUT2D eigenvalue weighted by molar-refractivity contribution is 5.95. The first-order valence-corrected chi connectivity index (χ1v) is 4.38. The lowest BCUT2D eigenvalue weighted by molar-refractivity contribution is 0.0959. The molecule has 0 N–H and O–H groups in total. The fourth-order valence-corrected chi connectivity index (χ4v) is 1.26. The summed E-state index contributed by atoms with van der Waals surface area (Å²) in [7, 11) is 0. The number of carbonyl (C=O) groups is 1. The molecule has 0 saturated carbocycles. The second kappa shape index (κ2) is 3.46. The molecule has 3 heteroatoms.